The van der Waals surface area contributed by atoms with Crippen LogP contribution in [0.3, 0.4) is 0 Å². The summed E-state index contributed by atoms with van der Waals surface area (Å²) in [5.74, 6) is -0.000269. The smallest absolute Gasteiger partial charge is 0.253 e. The van der Waals surface area contributed by atoms with Crippen LogP contribution in [0.4, 0.5) is 0 Å². The zero-order chi connectivity index (χ0) is 17.1. The Kier molecular flexibility index (Phi) is 5.67. The summed E-state index contributed by atoms with van der Waals surface area (Å²) in [5.41, 5.74) is 1.80. The van der Waals surface area contributed by atoms with E-state index in [1.54, 1.807) is 18.2 Å². The number of amides is 1. The van der Waals surface area contributed by atoms with Gasteiger partial charge in [0.15, 0.2) is 0 Å². The van der Waals surface area contributed by atoms with Gasteiger partial charge < -0.3 is 4.90 Å². The van der Waals surface area contributed by atoms with Gasteiger partial charge in [0.1, 0.15) is 0 Å². The zero-order valence-electron chi connectivity index (χ0n) is 13.0. The van der Waals surface area contributed by atoms with Crippen LogP contribution in [0, 0.1) is 0 Å². The second-order valence-corrected chi connectivity index (χ2v) is 7.07. The molecule has 1 heterocycles. The highest BCUT2D eigenvalue weighted by molar-refractivity contribution is 6.42. The van der Waals surface area contributed by atoms with Crippen LogP contribution in [-0.4, -0.2) is 41.9 Å². The first-order valence-corrected chi connectivity index (χ1v) is 8.87. The SMILES string of the molecule is O=C(c1ccc(Cl)c(Cl)c1)N1CCN(Cc2ccc(Cl)cc2)CC1. The highest BCUT2D eigenvalue weighted by atomic mass is 35.5. The molecule has 0 aromatic heterocycles. The summed E-state index contributed by atoms with van der Waals surface area (Å²) in [6.07, 6.45) is 0. The molecule has 126 valence electrons. The number of hydrogen-bond donors (Lipinski definition) is 0. The minimum absolute atomic E-state index is 0.000269. The lowest BCUT2D eigenvalue weighted by atomic mass is 10.1. The van der Waals surface area contributed by atoms with E-state index in [1.807, 2.05) is 29.2 Å². The third-order valence-corrected chi connectivity index (χ3v) is 5.14. The summed E-state index contributed by atoms with van der Waals surface area (Å²) >= 11 is 17.8. The van der Waals surface area contributed by atoms with Gasteiger partial charge in [-0.2, -0.15) is 0 Å². The van der Waals surface area contributed by atoms with Gasteiger partial charge in [0, 0.05) is 43.3 Å². The van der Waals surface area contributed by atoms with E-state index in [4.69, 9.17) is 34.8 Å². The summed E-state index contributed by atoms with van der Waals surface area (Å²) in [7, 11) is 0. The third kappa shape index (κ3) is 4.22. The molecule has 0 atom stereocenters. The molecule has 2 aromatic carbocycles. The Balaban J connectivity index is 1.57. The molecule has 0 spiro atoms. The Morgan fingerprint density at radius 3 is 2.17 bits per heavy atom. The van der Waals surface area contributed by atoms with Gasteiger partial charge in [0.25, 0.3) is 5.91 Å². The number of piperazine rings is 1. The molecule has 0 aliphatic carbocycles. The van der Waals surface area contributed by atoms with E-state index in [-0.39, 0.29) is 5.91 Å². The van der Waals surface area contributed by atoms with Gasteiger partial charge in [0.05, 0.1) is 10.0 Å². The second-order valence-electron chi connectivity index (χ2n) is 5.82. The number of carbonyl (C=O) groups excluding carboxylic acids is 1. The molecule has 1 amide bonds. The van der Waals surface area contributed by atoms with Crippen LogP contribution in [0.2, 0.25) is 15.1 Å². The molecule has 24 heavy (non-hydrogen) atoms. The Morgan fingerprint density at radius 2 is 1.54 bits per heavy atom. The predicted molar refractivity (Wildman–Crippen MR) is 99.1 cm³/mol. The maximum Gasteiger partial charge on any atom is 0.253 e. The van der Waals surface area contributed by atoms with Crippen molar-refractivity contribution in [3.05, 3.63) is 68.7 Å². The van der Waals surface area contributed by atoms with Crippen molar-refractivity contribution in [2.45, 2.75) is 6.54 Å². The summed E-state index contributed by atoms with van der Waals surface area (Å²) in [6.45, 7) is 3.96. The van der Waals surface area contributed by atoms with Gasteiger partial charge in [-0.15, -0.1) is 0 Å². The molecule has 6 heteroatoms. The first-order chi connectivity index (χ1) is 11.5. The first kappa shape index (κ1) is 17.6. The maximum atomic E-state index is 12.6. The molecule has 3 nitrogen and oxygen atoms in total. The molecule has 1 aliphatic rings. The first-order valence-electron chi connectivity index (χ1n) is 7.74. The van der Waals surface area contributed by atoms with Gasteiger partial charge in [-0.05, 0) is 35.9 Å². The van der Waals surface area contributed by atoms with E-state index in [9.17, 15) is 4.79 Å². The topological polar surface area (TPSA) is 23.6 Å². The molecule has 0 saturated carbocycles. The van der Waals surface area contributed by atoms with Crippen LogP contribution < -0.4 is 0 Å². The van der Waals surface area contributed by atoms with Crippen molar-refractivity contribution in [1.29, 1.82) is 0 Å². The van der Waals surface area contributed by atoms with E-state index in [0.29, 0.717) is 28.7 Å². The maximum absolute atomic E-state index is 12.6. The fourth-order valence-corrected chi connectivity index (χ4v) is 3.19. The van der Waals surface area contributed by atoms with Gasteiger partial charge in [0.2, 0.25) is 0 Å². The van der Waals surface area contributed by atoms with Gasteiger partial charge in [-0.25, -0.2) is 0 Å². The normalized spacial score (nSPS) is 15.5. The van der Waals surface area contributed by atoms with E-state index in [1.165, 1.54) is 5.56 Å². The van der Waals surface area contributed by atoms with Crippen molar-refractivity contribution >= 4 is 40.7 Å². The molecular formula is C18H17Cl3N2O. The summed E-state index contributed by atoms with van der Waals surface area (Å²) in [4.78, 5) is 16.8. The quantitative estimate of drug-likeness (QED) is 0.773. The van der Waals surface area contributed by atoms with E-state index in [0.717, 1.165) is 24.7 Å². The molecule has 2 aromatic rings. The number of benzene rings is 2. The number of carbonyl (C=O) groups is 1. The number of nitrogens with zero attached hydrogens (tertiary/aromatic N) is 2. The highest BCUT2D eigenvalue weighted by Gasteiger charge is 2.22. The minimum Gasteiger partial charge on any atom is -0.336 e. The van der Waals surface area contributed by atoms with Crippen LogP contribution in [0.15, 0.2) is 42.5 Å². The molecule has 1 fully saturated rings. The van der Waals surface area contributed by atoms with Crippen LogP contribution in [-0.2, 0) is 6.54 Å². The van der Waals surface area contributed by atoms with E-state index < -0.39 is 0 Å². The average Bonchev–Trinajstić information content (AvgIpc) is 2.59. The minimum atomic E-state index is -0.000269. The fourth-order valence-electron chi connectivity index (χ4n) is 2.77. The predicted octanol–water partition coefficient (Wildman–Crippen LogP) is 4.60. The van der Waals surface area contributed by atoms with Crippen LogP contribution in [0.1, 0.15) is 15.9 Å². The molecule has 0 unspecified atom stereocenters. The molecule has 3 rings (SSSR count). The third-order valence-electron chi connectivity index (χ3n) is 4.15. The van der Waals surface area contributed by atoms with Gasteiger partial charge in [-0.1, -0.05) is 46.9 Å². The van der Waals surface area contributed by atoms with Crippen molar-refractivity contribution in [3.8, 4) is 0 Å². The van der Waals surface area contributed by atoms with Crippen LogP contribution >= 0.6 is 34.8 Å². The lowest BCUT2D eigenvalue weighted by Gasteiger charge is -2.34. The van der Waals surface area contributed by atoms with Crippen molar-refractivity contribution in [1.82, 2.24) is 9.80 Å². The average molecular weight is 384 g/mol. The largest absolute Gasteiger partial charge is 0.336 e. The molecule has 1 aliphatic heterocycles. The van der Waals surface area contributed by atoms with Crippen molar-refractivity contribution in [2.75, 3.05) is 26.2 Å². The van der Waals surface area contributed by atoms with Crippen LogP contribution in [0.5, 0.6) is 0 Å². The lowest BCUT2D eigenvalue weighted by molar-refractivity contribution is 0.0628. The van der Waals surface area contributed by atoms with Crippen molar-refractivity contribution in [3.63, 3.8) is 0 Å². The van der Waals surface area contributed by atoms with E-state index >= 15 is 0 Å². The summed E-state index contributed by atoms with van der Waals surface area (Å²) < 4.78 is 0. The van der Waals surface area contributed by atoms with Crippen LogP contribution in [0.25, 0.3) is 0 Å². The monoisotopic (exact) mass is 382 g/mol. The second kappa shape index (κ2) is 7.75. The summed E-state index contributed by atoms with van der Waals surface area (Å²) in [6, 6.07) is 12.9. The number of halogens is 3. The van der Waals surface area contributed by atoms with Gasteiger partial charge >= 0.3 is 0 Å². The Labute approximate surface area is 156 Å². The number of hydrogen-bond acceptors (Lipinski definition) is 2. The lowest BCUT2D eigenvalue weighted by Crippen LogP contribution is -2.48. The Hall–Kier alpha value is -1.26. The van der Waals surface area contributed by atoms with Crippen molar-refractivity contribution in [2.24, 2.45) is 0 Å². The standard InChI is InChI=1S/C18H17Cl3N2O/c19-15-4-1-13(2-5-15)12-22-7-9-23(10-8-22)18(24)14-3-6-16(20)17(21)11-14/h1-6,11H,7-10,12H2. The molecule has 0 N–H and O–H groups in total. The fraction of sp³-hybridized carbons (Fsp3) is 0.278. The summed E-state index contributed by atoms with van der Waals surface area (Å²) in [5, 5.41) is 1.61. The molecule has 0 radical (unpaired) electrons. The zero-order valence-corrected chi connectivity index (χ0v) is 15.3. The Morgan fingerprint density at radius 1 is 0.875 bits per heavy atom. The van der Waals surface area contributed by atoms with Crippen molar-refractivity contribution < 1.29 is 4.79 Å². The van der Waals surface area contributed by atoms with E-state index in [2.05, 4.69) is 4.90 Å². The molecular weight excluding hydrogens is 367 g/mol. The highest BCUT2D eigenvalue weighted by Crippen LogP contribution is 2.23. The van der Waals surface area contributed by atoms with Gasteiger partial charge in [-0.3, -0.25) is 9.69 Å². The number of rotatable bonds is 3. The molecule has 1 saturated heterocycles. The molecule has 0 bridgehead atoms. The Bertz CT molecular complexity index is 726.